The van der Waals surface area contributed by atoms with E-state index < -0.39 is 0 Å². The second-order valence-corrected chi connectivity index (χ2v) is 7.31. The molecule has 7 heteroatoms. The van der Waals surface area contributed by atoms with E-state index in [1.165, 1.54) is 0 Å². The standard InChI is InChI=1S/C23H17NO6/c25-22-16-4-6-18-17(11-24(12-27-18)10-15-2-1-7-26-15)23(16)30-21(22)9-14-3-5-19-20(8-14)29-13-28-19/h1-9H,10-13H2. The third-order valence-corrected chi connectivity index (χ3v) is 5.34. The molecule has 0 radical (unpaired) electrons. The lowest BCUT2D eigenvalue weighted by Gasteiger charge is -2.29. The first-order valence-corrected chi connectivity index (χ1v) is 9.62. The first-order chi connectivity index (χ1) is 14.7. The summed E-state index contributed by atoms with van der Waals surface area (Å²) < 4.78 is 28.1. The molecule has 2 aromatic carbocycles. The highest BCUT2D eigenvalue weighted by Crippen LogP contribution is 2.42. The predicted molar refractivity (Wildman–Crippen MR) is 105 cm³/mol. The molecule has 3 aliphatic heterocycles. The number of ketones is 1. The summed E-state index contributed by atoms with van der Waals surface area (Å²) in [4.78, 5) is 15.0. The van der Waals surface area contributed by atoms with Crippen LogP contribution in [0, 0.1) is 0 Å². The third kappa shape index (κ3) is 2.83. The van der Waals surface area contributed by atoms with E-state index in [1.54, 1.807) is 18.4 Å². The zero-order valence-electron chi connectivity index (χ0n) is 15.9. The summed E-state index contributed by atoms with van der Waals surface area (Å²) in [5.41, 5.74) is 2.22. The van der Waals surface area contributed by atoms with Gasteiger partial charge in [-0.25, -0.2) is 0 Å². The number of fused-ring (bicyclic) bond motifs is 4. The molecule has 0 fully saturated rings. The number of hydrogen-bond acceptors (Lipinski definition) is 7. The molecule has 7 nitrogen and oxygen atoms in total. The molecule has 150 valence electrons. The summed E-state index contributed by atoms with van der Waals surface area (Å²) in [6.07, 6.45) is 3.38. The maximum atomic E-state index is 12.9. The van der Waals surface area contributed by atoms with Crippen LogP contribution in [0.15, 0.2) is 58.9 Å². The van der Waals surface area contributed by atoms with E-state index in [4.69, 9.17) is 23.4 Å². The summed E-state index contributed by atoms with van der Waals surface area (Å²) in [5, 5.41) is 0. The maximum absolute atomic E-state index is 12.9. The molecule has 6 rings (SSSR count). The van der Waals surface area contributed by atoms with Gasteiger partial charge in [0.1, 0.15) is 24.0 Å². The molecule has 0 N–H and O–H groups in total. The average molecular weight is 403 g/mol. The highest BCUT2D eigenvalue weighted by atomic mass is 16.7. The van der Waals surface area contributed by atoms with Crippen molar-refractivity contribution in [2.75, 3.05) is 13.5 Å². The van der Waals surface area contributed by atoms with Crippen LogP contribution in [0.1, 0.15) is 27.2 Å². The van der Waals surface area contributed by atoms with Crippen LogP contribution >= 0.6 is 0 Å². The first-order valence-electron chi connectivity index (χ1n) is 9.62. The van der Waals surface area contributed by atoms with Crippen molar-refractivity contribution in [3.63, 3.8) is 0 Å². The highest BCUT2D eigenvalue weighted by molar-refractivity contribution is 6.15. The van der Waals surface area contributed by atoms with Crippen LogP contribution in [0.3, 0.4) is 0 Å². The SMILES string of the molecule is O=C1C(=Cc2ccc3c(c2)OCO3)Oc2c1ccc1c2CN(Cc2ccco2)CO1. The smallest absolute Gasteiger partial charge is 0.231 e. The largest absolute Gasteiger partial charge is 0.478 e. The normalized spacial score (nSPS) is 18.1. The summed E-state index contributed by atoms with van der Waals surface area (Å²) in [5.74, 6) is 3.65. The Kier molecular flexibility index (Phi) is 3.82. The number of furan rings is 1. The minimum Gasteiger partial charge on any atom is -0.478 e. The predicted octanol–water partition coefficient (Wildman–Crippen LogP) is 3.98. The van der Waals surface area contributed by atoms with Crippen LogP contribution in [0.4, 0.5) is 0 Å². The molecule has 0 aliphatic carbocycles. The Labute approximate surface area is 172 Å². The van der Waals surface area contributed by atoms with Gasteiger partial charge in [0.25, 0.3) is 0 Å². The van der Waals surface area contributed by atoms with Gasteiger partial charge in [0.15, 0.2) is 17.3 Å². The quantitative estimate of drug-likeness (QED) is 0.613. The second kappa shape index (κ2) is 6.67. The van der Waals surface area contributed by atoms with Gasteiger partial charge in [0, 0.05) is 6.54 Å². The van der Waals surface area contributed by atoms with Crippen molar-refractivity contribution in [3.05, 3.63) is 76.9 Å². The number of ether oxygens (including phenoxy) is 4. The molecular formula is C23H17NO6. The first kappa shape index (κ1) is 17.2. The molecule has 0 saturated carbocycles. The van der Waals surface area contributed by atoms with Crippen molar-refractivity contribution in [2.45, 2.75) is 13.1 Å². The fourth-order valence-electron chi connectivity index (χ4n) is 3.88. The Morgan fingerprint density at radius 1 is 1.00 bits per heavy atom. The topological polar surface area (TPSA) is 70.4 Å². The molecule has 0 atom stereocenters. The van der Waals surface area contributed by atoms with Crippen molar-refractivity contribution in [1.82, 2.24) is 4.90 Å². The van der Waals surface area contributed by atoms with Crippen molar-refractivity contribution >= 4 is 11.9 Å². The van der Waals surface area contributed by atoms with Crippen molar-refractivity contribution in [2.24, 2.45) is 0 Å². The summed E-state index contributed by atoms with van der Waals surface area (Å²) in [6.45, 7) is 1.87. The van der Waals surface area contributed by atoms with Gasteiger partial charge in [-0.1, -0.05) is 6.07 Å². The van der Waals surface area contributed by atoms with E-state index in [2.05, 4.69) is 4.90 Å². The van der Waals surface area contributed by atoms with Gasteiger partial charge >= 0.3 is 0 Å². The summed E-state index contributed by atoms with van der Waals surface area (Å²) in [6, 6.07) is 12.9. The molecular weight excluding hydrogens is 386 g/mol. The van der Waals surface area contributed by atoms with E-state index in [0.717, 1.165) is 22.6 Å². The zero-order valence-corrected chi connectivity index (χ0v) is 15.9. The van der Waals surface area contributed by atoms with Gasteiger partial charge in [-0.2, -0.15) is 0 Å². The molecule has 0 bridgehead atoms. The third-order valence-electron chi connectivity index (χ3n) is 5.34. The number of carbonyl (C=O) groups is 1. The van der Waals surface area contributed by atoms with Gasteiger partial charge in [-0.3, -0.25) is 9.69 Å². The average Bonchev–Trinajstić information content (AvgIpc) is 3.50. The lowest BCUT2D eigenvalue weighted by Crippen LogP contribution is -2.31. The van der Waals surface area contributed by atoms with Gasteiger partial charge in [0.05, 0.1) is 23.9 Å². The minimum atomic E-state index is -0.145. The van der Waals surface area contributed by atoms with Crippen LogP contribution in [0.2, 0.25) is 0 Å². The Balaban J connectivity index is 1.30. The van der Waals surface area contributed by atoms with Crippen LogP contribution in [0.25, 0.3) is 6.08 Å². The number of allylic oxidation sites excluding steroid dienone is 1. The van der Waals surface area contributed by atoms with E-state index >= 15 is 0 Å². The monoisotopic (exact) mass is 403 g/mol. The fourth-order valence-corrected chi connectivity index (χ4v) is 3.88. The number of carbonyl (C=O) groups excluding carboxylic acids is 1. The zero-order chi connectivity index (χ0) is 20.1. The number of hydrogen-bond donors (Lipinski definition) is 0. The molecule has 0 unspecified atom stereocenters. The van der Waals surface area contributed by atoms with Gasteiger partial charge in [0.2, 0.25) is 12.6 Å². The number of benzene rings is 2. The minimum absolute atomic E-state index is 0.145. The number of Topliss-reactive ketones (excluding diaryl/α,β-unsaturated/α-hetero) is 1. The number of nitrogens with zero attached hydrogens (tertiary/aromatic N) is 1. The number of rotatable bonds is 3. The Bertz CT molecular complexity index is 1180. The summed E-state index contributed by atoms with van der Waals surface area (Å²) >= 11 is 0. The molecule has 0 spiro atoms. The lowest BCUT2D eigenvalue weighted by atomic mass is 10.0. The molecule has 1 aromatic heterocycles. The molecule has 4 heterocycles. The molecule has 0 saturated heterocycles. The van der Waals surface area contributed by atoms with Crippen molar-refractivity contribution < 1.29 is 28.2 Å². The van der Waals surface area contributed by atoms with E-state index in [1.807, 2.05) is 36.4 Å². The molecule has 0 amide bonds. The Morgan fingerprint density at radius 2 is 1.90 bits per heavy atom. The second-order valence-electron chi connectivity index (χ2n) is 7.31. The van der Waals surface area contributed by atoms with Gasteiger partial charge < -0.3 is 23.4 Å². The van der Waals surface area contributed by atoms with Gasteiger partial charge in [-0.15, -0.1) is 0 Å². The van der Waals surface area contributed by atoms with Crippen LogP contribution in [0.5, 0.6) is 23.0 Å². The van der Waals surface area contributed by atoms with E-state index in [9.17, 15) is 4.79 Å². The van der Waals surface area contributed by atoms with Crippen LogP contribution in [-0.4, -0.2) is 24.2 Å². The van der Waals surface area contributed by atoms with Crippen molar-refractivity contribution in [1.29, 1.82) is 0 Å². The van der Waals surface area contributed by atoms with Gasteiger partial charge in [-0.05, 0) is 48.0 Å². The van der Waals surface area contributed by atoms with Crippen LogP contribution < -0.4 is 18.9 Å². The van der Waals surface area contributed by atoms with E-state index in [0.29, 0.717) is 42.6 Å². The maximum Gasteiger partial charge on any atom is 0.231 e. The lowest BCUT2D eigenvalue weighted by molar-refractivity contribution is 0.0810. The Hall–Kier alpha value is -3.71. The highest BCUT2D eigenvalue weighted by Gasteiger charge is 2.33. The Morgan fingerprint density at radius 3 is 2.80 bits per heavy atom. The molecule has 3 aliphatic rings. The fraction of sp³-hybridized carbons (Fsp3) is 0.174. The van der Waals surface area contributed by atoms with Crippen molar-refractivity contribution in [3.8, 4) is 23.0 Å². The molecule has 30 heavy (non-hydrogen) atoms. The van der Waals surface area contributed by atoms with Crippen LogP contribution in [-0.2, 0) is 13.1 Å². The summed E-state index contributed by atoms with van der Waals surface area (Å²) in [7, 11) is 0. The van der Waals surface area contributed by atoms with E-state index in [-0.39, 0.29) is 18.3 Å². The molecule has 3 aromatic rings.